The number of hydrogen-bond donors (Lipinski definition) is 2. The molecule has 2 N–H and O–H groups in total. The summed E-state index contributed by atoms with van der Waals surface area (Å²) in [5.74, 6) is 0.0655. The van der Waals surface area contributed by atoms with Crippen molar-refractivity contribution < 1.29 is 9.59 Å². The van der Waals surface area contributed by atoms with Gasteiger partial charge < -0.3 is 10.3 Å². The Balaban J connectivity index is 1.97. The first-order chi connectivity index (χ1) is 11.0. The zero-order valence-electron chi connectivity index (χ0n) is 13.1. The van der Waals surface area contributed by atoms with Crippen molar-refractivity contribution in [2.24, 2.45) is 0 Å². The van der Waals surface area contributed by atoms with Crippen molar-refractivity contribution in [2.45, 2.75) is 20.3 Å². The summed E-state index contributed by atoms with van der Waals surface area (Å²) in [5.41, 5.74) is 4.79. The number of fused-ring (bicyclic) bond motifs is 1. The van der Waals surface area contributed by atoms with Gasteiger partial charge in [0.1, 0.15) is 5.78 Å². The molecule has 0 atom stereocenters. The molecule has 0 radical (unpaired) electrons. The molecule has 0 aliphatic heterocycles. The summed E-state index contributed by atoms with van der Waals surface area (Å²) in [6.45, 7) is 3.09. The van der Waals surface area contributed by atoms with Gasteiger partial charge in [-0.15, -0.1) is 0 Å². The highest BCUT2D eigenvalue weighted by molar-refractivity contribution is 5.91. The number of amides is 1. The summed E-state index contributed by atoms with van der Waals surface area (Å²) in [5, 5.41) is 3.86. The van der Waals surface area contributed by atoms with Crippen LogP contribution < -0.4 is 5.32 Å². The predicted octanol–water partition coefficient (Wildman–Crippen LogP) is 3.92. The van der Waals surface area contributed by atoms with Gasteiger partial charge in [-0.2, -0.15) is 0 Å². The molecule has 0 bridgehead atoms. The Bertz CT molecular complexity index is 893. The molecular formula is C19H18N2O2. The van der Waals surface area contributed by atoms with Crippen LogP contribution in [0, 0.1) is 0 Å². The number of benzene rings is 2. The molecule has 1 heterocycles. The van der Waals surface area contributed by atoms with E-state index >= 15 is 0 Å². The van der Waals surface area contributed by atoms with Gasteiger partial charge in [0.2, 0.25) is 5.91 Å². The molecule has 0 saturated heterocycles. The average molecular weight is 306 g/mol. The smallest absolute Gasteiger partial charge is 0.221 e. The van der Waals surface area contributed by atoms with E-state index in [2.05, 4.69) is 16.4 Å². The predicted molar refractivity (Wildman–Crippen MR) is 92.4 cm³/mol. The minimum absolute atomic E-state index is 0.0901. The van der Waals surface area contributed by atoms with E-state index in [1.165, 1.54) is 6.92 Å². The molecule has 4 nitrogen and oxygen atoms in total. The highest BCUT2D eigenvalue weighted by Gasteiger charge is 2.06. The van der Waals surface area contributed by atoms with Gasteiger partial charge in [0, 0.05) is 41.2 Å². The van der Waals surface area contributed by atoms with E-state index < -0.39 is 0 Å². The van der Waals surface area contributed by atoms with Crippen LogP contribution in [0.15, 0.2) is 48.5 Å². The summed E-state index contributed by atoms with van der Waals surface area (Å²) < 4.78 is 0. The summed E-state index contributed by atoms with van der Waals surface area (Å²) >= 11 is 0. The topological polar surface area (TPSA) is 62.0 Å². The van der Waals surface area contributed by atoms with Gasteiger partial charge >= 0.3 is 0 Å². The summed E-state index contributed by atoms with van der Waals surface area (Å²) in [7, 11) is 0. The average Bonchev–Trinajstić information content (AvgIpc) is 2.89. The second-order valence-electron chi connectivity index (χ2n) is 5.75. The molecule has 116 valence electrons. The first-order valence-corrected chi connectivity index (χ1v) is 7.50. The SMILES string of the molecule is CC(=O)Cc1ccc2[nH]c(-c3cccc(NC(C)=O)c3)cc2c1. The molecule has 0 spiro atoms. The number of hydrogen-bond acceptors (Lipinski definition) is 2. The van der Waals surface area contributed by atoms with Gasteiger partial charge in [-0.25, -0.2) is 0 Å². The maximum atomic E-state index is 11.3. The molecular weight excluding hydrogens is 288 g/mol. The number of rotatable bonds is 4. The third-order valence-electron chi connectivity index (χ3n) is 3.63. The van der Waals surface area contributed by atoms with Crippen LogP contribution in [0.25, 0.3) is 22.2 Å². The van der Waals surface area contributed by atoms with Crippen molar-refractivity contribution in [3.8, 4) is 11.3 Å². The van der Waals surface area contributed by atoms with Crippen molar-refractivity contribution >= 4 is 28.3 Å². The number of carbonyl (C=O) groups excluding carboxylic acids is 2. The number of aromatic nitrogens is 1. The van der Waals surface area contributed by atoms with E-state index in [1.54, 1.807) is 6.92 Å². The number of ketones is 1. The van der Waals surface area contributed by atoms with Crippen LogP contribution in [-0.2, 0) is 16.0 Å². The van der Waals surface area contributed by atoms with Gasteiger partial charge in [0.05, 0.1) is 0 Å². The Kier molecular flexibility index (Phi) is 3.98. The van der Waals surface area contributed by atoms with Crippen LogP contribution in [0.2, 0.25) is 0 Å². The van der Waals surface area contributed by atoms with Crippen LogP contribution in [-0.4, -0.2) is 16.7 Å². The fourth-order valence-corrected chi connectivity index (χ4v) is 2.70. The number of Topliss-reactive ketones (excluding diaryl/α,β-unsaturated/α-hetero) is 1. The van der Waals surface area contributed by atoms with Crippen LogP contribution in [0.4, 0.5) is 5.69 Å². The monoisotopic (exact) mass is 306 g/mol. The molecule has 1 amide bonds. The lowest BCUT2D eigenvalue weighted by atomic mass is 10.1. The van der Waals surface area contributed by atoms with Crippen molar-refractivity contribution in [3.63, 3.8) is 0 Å². The fourth-order valence-electron chi connectivity index (χ4n) is 2.70. The van der Waals surface area contributed by atoms with E-state index in [-0.39, 0.29) is 11.7 Å². The van der Waals surface area contributed by atoms with Crippen LogP contribution in [0.5, 0.6) is 0 Å². The lowest BCUT2D eigenvalue weighted by Gasteiger charge is -2.04. The zero-order valence-corrected chi connectivity index (χ0v) is 13.1. The molecule has 4 heteroatoms. The van der Waals surface area contributed by atoms with Gasteiger partial charge in [0.25, 0.3) is 0 Å². The summed E-state index contributed by atoms with van der Waals surface area (Å²) in [4.78, 5) is 25.8. The van der Waals surface area contributed by atoms with Gasteiger partial charge in [-0.05, 0) is 42.8 Å². The van der Waals surface area contributed by atoms with Crippen molar-refractivity contribution in [1.29, 1.82) is 0 Å². The maximum Gasteiger partial charge on any atom is 0.221 e. The van der Waals surface area contributed by atoms with E-state index in [0.717, 1.165) is 33.4 Å². The lowest BCUT2D eigenvalue weighted by Crippen LogP contribution is -2.05. The number of nitrogens with one attached hydrogen (secondary N) is 2. The first-order valence-electron chi connectivity index (χ1n) is 7.50. The number of anilines is 1. The Morgan fingerprint density at radius 2 is 1.87 bits per heavy atom. The molecule has 3 rings (SSSR count). The standard InChI is InChI=1S/C19H18N2O2/c1-12(22)8-14-6-7-18-16(9-14)11-19(21-18)15-4-3-5-17(10-15)20-13(2)23/h3-7,9-11,21H,8H2,1-2H3,(H,20,23). The van der Waals surface area contributed by atoms with Crippen LogP contribution in [0.1, 0.15) is 19.4 Å². The molecule has 23 heavy (non-hydrogen) atoms. The first kappa shape index (κ1) is 15.0. The summed E-state index contributed by atoms with van der Waals surface area (Å²) in [6, 6.07) is 15.8. The molecule has 2 aromatic carbocycles. The van der Waals surface area contributed by atoms with Crippen molar-refractivity contribution in [1.82, 2.24) is 4.98 Å². The summed E-state index contributed by atoms with van der Waals surface area (Å²) in [6.07, 6.45) is 0.453. The van der Waals surface area contributed by atoms with Crippen LogP contribution >= 0.6 is 0 Å². The van der Waals surface area contributed by atoms with E-state index in [1.807, 2.05) is 42.5 Å². The highest BCUT2D eigenvalue weighted by atomic mass is 16.1. The van der Waals surface area contributed by atoms with Crippen LogP contribution in [0.3, 0.4) is 0 Å². The Morgan fingerprint density at radius 3 is 2.61 bits per heavy atom. The zero-order chi connectivity index (χ0) is 16.4. The fraction of sp³-hybridized carbons (Fsp3) is 0.158. The van der Waals surface area contributed by atoms with Gasteiger partial charge in [-0.3, -0.25) is 9.59 Å². The second kappa shape index (κ2) is 6.08. The molecule has 0 aliphatic carbocycles. The molecule has 3 aromatic rings. The van der Waals surface area contributed by atoms with E-state index in [4.69, 9.17) is 0 Å². The Morgan fingerprint density at radius 1 is 1.04 bits per heavy atom. The number of H-pyrrole nitrogens is 1. The Hall–Kier alpha value is -2.88. The molecule has 0 saturated carbocycles. The quantitative estimate of drug-likeness (QED) is 0.767. The van der Waals surface area contributed by atoms with Gasteiger partial charge in [0.15, 0.2) is 0 Å². The minimum atomic E-state index is -0.0901. The number of aromatic amines is 1. The van der Waals surface area contributed by atoms with Gasteiger partial charge in [-0.1, -0.05) is 18.2 Å². The third kappa shape index (κ3) is 3.48. The molecule has 0 unspecified atom stereocenters. The van der Waals surface area contributed by atoms with Crippen molar-refractivity contribution in [3.05, 3.63) is 54.1 Å². The molecule has 0 fully saturated rings. The largest absolute Gasteiger partial charge is 0.355 e. The highest BCUT2D eigenvalue weighted by Crippen LogP contribution is 2.27. The molecule has 0 aliphatic rings. The van der Waals surface area contributed by atoms with E-state index in [0.29, 0.717) is 6.42 Å². The lowest BCUT2D eigenvalue weighted by molar-refractivity contribution is -0.116. The normalized spacial score (nSPS) is 10.7. The molecule has 1 aromatic heterocycles. The van der Waals surface area contributed by atoms with E-state index in [9.17, 15) is 9.59 Å². The number of carbonyl (C=O) groups is 2. The second-order valence-corrected chi connectivity index (χ2v) is 5.75. The Labute approximate surface area is 134 Å². The third-order valence-corrected chi connectivity index (χ3v) is 3.63. The van der Waals surface area contributed by atoms with Crippen molar-refractivity contribution in [2.75, 3.05) is 5.32 Å². The minimum Gasteiger partial charge on any atom is -0.355 e. The maximum absolute atomic E-state index is 11.3.